The molecule has 0 spiro atoms. The van der Waals surface area contributed by atoms with E-state index in [1.807, 2.05) is 0 Å². The highest BCUT2D eigenvalue weighted by atomic mass is 15.1. The highest BCUT2D eigenvalue weighted by Crippen LogP contribution is 1.99. The highest BCUT2D eigenvalue weighted by Gasteiger charge is 2.16. The topological polar surface area (TPSA) is 24.1 Å². The molecule has 64 valence electrons. The Labute approximate surface area is 69.1 Å². The number of hydrogen-bond donors (Lipinski definition) is 2. The summed E-state index contributed by atoms with van der Waals surface area (Å²) in [6.45, 7) is 6.56. The predicted octanol–water partition coefficient (Wildman–Crippen LogP) is 0.902. The maximum atomic E-state index is 3.45. The third-order valence-corrected chi connectivity index (χ3v) is 2.09. The van der Waals surface area contributed by atoms with E-state index in [-0.39, 0.29) is 0 Å². The van der Waals surface area contributed by atoms with E-state index in [0.29, 0.717) is 12.1 Å². The summed E-state index contributed by atoms with van der Waals surface area (Å²) in [7, 11) is 0. The Balaban J connectivity index is 2.35. The van der Waals surface area contributed by atoms with Gasteiger partial charge in [-0.25, -0.2) is 0 Å². The molecule has 1 heterocycles. The minimum atomic E-state index is 0.531. The van der Waals surface area contributed by atoms with Gasteiger partial charge < -0.3 is 10.6 Å². The normalized spacial score (nSPS) is 32.9. The molecule has 0 bridgehead atoms. The molecule has 1 fully saturated rings. The lowest BCUT2D eigenvalue weighted by molar-refractivity contribution is 0.383. The van der Waals surface area contributed by atoms with Crippen molar-refractivity contribution in [3.05, 3.63) is 12.2 Å². The zero-order chi connectivity index (χ0) is 8.10. The third kappa shape index (κ3) is 2.64. The highest BCUT2D eigenvalue weighted by molar-refractivity contribution is 4.99. The molecule has 2 nitrogen and oxygen atoms in total. The molecule has 0 amide bonds. The van der Waals surface area contributed by atoms with Crippen LogP contribution in [0.3, 0.4) is 0 Å². The van der Waals surface area contributed by atoms with Crippen molar-refractivity contribution in [2.45, 2.75) is 32.4 Å². The van der Waals surface area contributed by atoms with Crippen LogP contribution in [-0.2, 0) is 0 Å². The second-order valence-electron chi connectivity index (χ2n) is 3.06. The number of allylic oxidation sites excluding steroid dienone is 1. The van der Waals surface area contributed by atoms with E-state index in [1.165, 1.54) is 0 Å². The standard InChI is InChI=1S/C9H18N2/c1-3-4-5-9-8(2)10-6-7-11-9/h4-5,8-11H,3,6-7H2,1-2H3. The van der Waals surface area contributed by atoms with Crippen LogP contribution < -0.4 is 10.6 Å². The average Bonchev–Trinajstić information content (AvgIpc) is 2.03. The Morgan fingerprint density at radius 2 is 2.09 bits per heavy atom. The molecule has 1 aliphatic heterocycles. The van der Waals surface area contributed by atoms with Crippen molar-refractivity contribution < 1.29 is 0 Å². The van der Waals surface area contributed by atoms with Crippen molar-refractivity contribution in [1.29, 1.82) is 0 Å². The van der Waals surface area contributed by atoms with Crippen molar-refractivity contribution in [2.75, 3.05) is 13.1 Å². The van der Waals surface area contributed by atoms with E-state index in [2.05, 4.69) is 36.6 Å². The van der Waals surface area contributed by atoms with Crippen LogP contribution >= 0.6 is 0 Å². The molecule has 0 aromatic heterocycles. The van der Waals surface area contributed by atoms with Gasteiger partial charge in [0.2, 0.25) is 0 Å². The fourth-order valence-corrected chi connectivity index (χ4v) is 1.36. The van der Waals surface area contributed by atoms with E-state index in [1.54, 1.807) is 0 Å². The second kappa shape index (κ2) is 4.52. The van der Waals surface area contributed by atoms with E-state index >= 15 is 0 Å². The van der Waals surface area contributed by atoms with Gasteiger partial charge in [0, 0.05) is 25.2 Å². The molecule has 1 saturated heterocycles. The number of rotatable bonds is 2. The summed E-state index contributed by atoms with van der Waals surface area (Å²) in [4.78, 5) is 0. The molecule has 1 rings (SSSR count). The van der Waals surface area contributed by atoms with Gasteiger partial charge in [0.25, 0.3) is 0 Å². The first-order chi connectivity index (χ1) is 5.34. The van der Waals surface area contributed by atoms with Gasteiger partial charge in [-0.1, -0.05) is 19.1 Å². The molecule has 0 radical (unpaired) electrons. The molecule has 2 atom stereocenters. The van der Waals surface area contributed by atoms with E-state index in [9.17, 15) is 0 Å². The van der Waals surface area contributed by atoms with Crippen LogP contribution in [0.2, 0.25) is 0 Å². The van der Waals surface area contributed by atoms with Crippen LogP contribution in [0.5, 0.6) is 0 Å². The molecule has 2 unspecified atom stereocenters. The van der Waals surface area contributed by atoms with Gasteiger partial charge in [-0.3, -0.25) is 0 Å². The van der Waals surface area contributed by atoms with Crippen LogP contribution in [0.15, 0.2) is 12.2 Å². The lowest BCUT2D eigenvalue weighted by Crippen LogP contribution is -2.53. The van der Waals surface area contributed by atoms with Crippen molar-refractivity contribution in [1.82, 2.24) is 10.6 Å². The fraction of sp³-hybridized carbons (Fsp3) is 0.778. The first-order valence-electron chi connectivity index (χ1n) is 4.48. The Kier molecular flexibility index (Phi) is 3.60. The molecule has 1 aliphatic rings. The monoisotopic (exact) mass is 154 g/mol. The Hall–Kier alpha value is -0.340. The van der Waals surface area contributed by atoms with Crippen molar-refractivity contribution in [2.24, 2.45) is 0 Å². The van der Waals surface area contributed by atoms with Gasteiger partial charge >= 0.3 is 0 Å². The van der Waals surface area contributed by atoms with Gasteiger partial charge in [-0.15, -0.1) is 0 Å². The molecule has 11 heavy (non-hydrogen) atoms. The minimum absolute atomic E-state index is 0.531. The van der Waals surface area contributed by atoms with Crippen molar-refractivity contribution >= 4 is 0 Å². The maximum Gasteiger partial charge on any atom is 0.0403 e. The summed E-state index contributed by atoms with van der Waals surface area (Å²) in [6.07, 6.45) is 5.61. The van der Waals surface area contributed by atoms with Crippen molar-refractivity contribution in [3.8, 4) is 0 Å². The lowest BCUT2D eigenvalue weighted by Gasteiger charge is -2.28. The average molecular weight is 154 g/mol. The Morgan fingerprint density at radius 3 is 2.73 bits per heavy atom. The van der Waals surface area contributed by atoms with Crippen LogP contribution in [0, 0.1) is 0 Å². The quantitative estimate of drug-likeness (QED) is 0.577. The van der Waals surface area contributed by atoms with Crippen LogP contribution in [0.1, 0.15) is 20.3 Å². The van der Waals surface area contributed by atoms with Crippen molar-refractivity contribution in [3.63, 3.8) is 0 Å². The van der Waals surface area contributed by atoms with E-state index < -0.39 is 0 Å². The third-order valence-electron chi connectivity index (χ3n) is 2.09. The number of nitrogens with one attached hydrogen (secondary N) is 2. The maximum absolute atomic E-state index is 3.45. The van der Waals surface area contributed by atoms with Gasteiger partial charge in [0.05, 0.1) is 0 Å². The molecular formula is C9H18N2. The molecule has 0 aromatic carbocycles. The van der Waals surface area contributed by atoms with Crippen LogP contribution in [0.4, 0.5) is 0 Å². The molecule has 2 N–H and O–H groups in total. The zero-order valence-corrected chi connectivity index (χ0v) is 7.43. The molecule has 0 aromatic rings. The Bertz CT molecular complexity index is 132. The first-order valence-corrected chi connectivity index (χ1v) is 4.48. The smallest absolute Gasteiger partial charge is 0.0403 e. The summed E-state index contributed by atoms with van der Waals surface area (Å²) < 4.78 is 0. The minimum Gasteiger partial charge on any atom is -0.311 e. The fourth-order valence-electron chi connectivity index (χ4n) is 1.36. The predicted molar refractivity (Wildman–Crippen MR) is 48.7 cm³/mol. The van der Waals surface area contributed by atoms with E-state index in [0.717, 1.165) is 19.5 Å². The second-order valence-corrected chi connectivity index (χ2v) is 3.06. The van der Waals surface area contributed by atoms with Gasteiger partial charge in [0.15, 0.2) is 0 Å². The number of piperazine rings is 1. The summed E-state index contributed by atoms with van der Waals surface area (Å²) in [5.74, 6) is 0. The number of hydrogen-bond acceptors (Lipinski definition) is 2. The molecular weight excluding hydrogens is 136 g/mol. The first kappa shape index (κ1) is 8.75. The molecule has 2 heteroatoms. The van der Waals surface area contributed by atoms with Crippen LogP contribution in [0.25, 0.3) is 0 Å². The summed E-state index contributed by atoms with van der Waals surface area (Å²) in [5, 5.41) is 6.88. The lowest BCUT2D eigenvalue weighted by atomic mass is 10.1. The largest absolute Gasteiger partial charge is 0.311 e. The van der Waals surface area contributed by atoms with Gasteiger partial charge in [0.1, 0.15) is 0 Å². The summed E-state index contributed by atoms with van der Waals surface area (Å²) in [6, 6.07) is 1.11. The van der Waals surface area contributed by atoms with E-state index in [4.69, 9.17) is 0 Å². The molecule has 0 aliphatic carbocycles. The Morgan fingerprint density at radius 1 is 1.36 bits per heavy atom. The zero-order valence-electron chi connectivity index (χ0n) is 7.43. The SMILES string of the molecule is CCC=CC1NCCNC1C. The van der Waals surface area contributed by atoms with Gasteiger partial charge in [-0.05, 0) is 13.3 Å². The summed E-state index contributed by atoms with van der Waals surface area (Å²) >= 11 is 0. The molecule has 0 saturated carbocycles. The van der Waals surface area contributed by atoms with Crippen LogP contribution in [-0.4, -0.2) is 25.2 Å². The summed E-state index contributed by atoms with van der Waals surface area (Å²) in [5.41, 5.74) is 0. The van der Waals surface area contributed by atoms with Gasteiger partial charge in [-0.2, -0.15) is 0 Å².